The highest BCUT2D eigenvalue weighted by molar-refractivity contribution is 6.00. The molecule has 6 nitrogen and oxygen atoms in total. The van der Waals surface area contributed by atoms with E-state index in [-0.39, 0.29) is 0 Å². The van der Waals surface area contributed by atoms with E-state index < -0.39 is 11.2 Å². The molecule has 0 aliphatic carbocycles. The van der Waals surface area contributed by atoms with Gasteiger partial charge in [0.15, 0.2) is 5.84 Å². The molecule has 1 heterocycles. The second-order valence-corrected chi connectivity index (χ2v) is 3.88. The maximum absolute atomic E-state index is 11.9. The van der Waals surface area contributed by atoms with E-state index in [9.17, 15) is 9.59 Å². The first-order valence-electron chi connectivity index (χ1n) is 5.63. The highest BCUT2D eigenvalue weighted by Crippen LogP contribution is 2.04. The lowest BCUT2D eigenvalue weighted by molar-refractivity contribution is 0.212. The largest absolute Gasteiger partial charge is 0.397 e. The van der Waals surface area contributed by atoms with Gasteiger partial charge in [0.25, 0.3) is 5.56 Å². The number of aromatic nitrogens is 2. The Balaban J connectivity index is 2.69. The molecule has 0 spiro atoms. The summed E-state index contributed by atoms with van der Waals surface area (Å²) in [7, 11) is 1.40. The SMILES string of the molecule is CO/N=C(\c1ccccc1)n1c(C)cc(=O)[nH]c1=O. The summed E-state index contributed by atoms with van der Waals surface area (Å²) in [5.41, 5.74) is 0.197. The molecule has 2 aromatic rings. The first-order valence-corrected chi connectivity index (χ1v) is 5.63. The second kappa shape index (κ2) is 5.34. The Morgan fingerprint density at radius 3 is 2.53 bits per heavy atom. The number of aromatic amines is 1. The van der Waals surface area contributed by atoms with E-state index in [2.05, 4.69) is 10.1 Å². The van der Waals surface area contributed by atoms with Crippen LogP contribution in [0.3, 0.4) is 0 Å². The Morgan fingerprint density at radius 1 is 1.26 bits per heavy atom. The van der Waals surface area contributed by atoms with Gasteiger partial charge in [-0.1, -0.05) is 35.5 Å². The van der Waals surface area contributed by atoms with Gasteiger partial charge in [-0.3, -0.25) is 9.78 Å². The molecule has 0 fully saturated rings. The molecule has 6 heteroatoms. The van der Waals surface area contributed by atoms with Crippen molar-refractivity contribution in [1.82, 2.24) is 9.55 Å². The van der Waals surface area contributed by atoms with E-state index in [4.69, 9.17) is 4.84 Å². The van der Waals surface area contributed by atoms with Gasteiger partial charge in [-0.2, -0.15) is 0 Å². The predicted molar refractivity (Wildman–Crippen MR) is 71.4 cm³/mol. The van der Waals surface area contributed by atoms with Gasteiger partial charge in [-0.15, -0.1) is 0 Å². The van der Waals surface area contributed by atoms with E-state index in [0.29, 0.717) is 17.1 Å². The van der Waals surface area contributed by atoms with Crippen molar-refractivity contribution in [3.05, 3.63) is 68.5 Å². The van der Waals surface area contributed by atoms with Crippen molar-refractivity contribution in [3.8, 4) is 0 Å². The Morgan fingerprint density at radius 2 is 1.95 bits per heavy atom. The normalized spacial score (nSPS) is 11.4. The zero-order chi connectivity index (χ0) is 13.8. The summed E-state index contributed by atoms with van der Waals surface area (Å²) in [5.74, 6) is 0.321. The van der Waals surface area contributed by atoms with Crippen molar-refractivity contribution >= 4 is 5.84 Å². The van der Waals surface area contributed by atoms with Crippen LogP contribution in [0.5, 0.6) is 0 Å². The summed E-state index contributed by atoms with van der Waals surface area (Å²) < 4.78 is 1.29. The molecule has 0 radical (unpaired) electrons. The topological polar surface area (TPSA) is 76.5 Å². The fraction of sp³-hybridized carbons (Fsp3) is 0.154. The van der Waals surface area contributed by atoms with Crippen molar-refractivity contribution < 1.29 is 4.84 Å². The maximum atomic E-state index is 11.9. The van der Waals surface area contributed by atoms with Crippen molar-refractivity contribution in [2.75, 3.05) is 7.11 Å². The number of rotatable bonds is 2. The minimum absolute atomic E-state index is 0.321. The summed E-state index contributed by atoms with van der Waals surface area (Å²) in [6, 6.07) is 10.4. The van der Waals surface area contributed by atoms with Crippen LogP contribution < -0.4 is 11.2 Å². The summed E-state index contributed by atoms with van der Waals surface area (Å²) in [5, 5.41) is 3.87. The zero-order valence-corrected chi connectivity index (χ0v) is 10.6. The first-order chi connectivity index (χ1) is 9.13. The van der Waals surface area contributed by atoms with E-state index in [1.807, 2.05) is 18.2 Å². The van der Waals surface area contributed by atoms with Crippen molar-refractivity contribution in [2.45, 2.75) is 6.92 Å². The summed E-state index contributed by atoms with van der Waals surface area (Å²) in [6.07, 6.45) is 0. The molecule has 98 valence electrons. The van der Waals surface area contributed by atoms with E-state index >= 15 is 0 Å². The zero-order valence-electron chi connectivity index (χ0n) is 10.6. The fourth-order valence-corrected chi connectivity index (χ4v) is 1.77. The maximum Gasteiger partial charge on any atom is 0.334 e. The molecule has 1 aromatic carbocycles. The minimum atomic E-state index is -0.551. The van der Waals surface area contributed by atoms with Crippen LogP contribution in [0, 0.1) is 6.92 Å². The number of nitrogens with one attached hydrogen (secondary N) is 1. The average molecular weight is 259 g/mol. The van der Waals surface area contributed by atoms with Crippen LogP contribution in [0.4, 0.5) is 0 Å². The van der Waals surface area contributed by atoms with Crippen LogP contribution in [0.2, 0.25) is 0 Å². The van der Waals surface area contributed by atoms with Gasteiger partial charge >= 0.3 is 5.69 Å². The van der Waals surface area contributed by atoms with Gasteiger partial charge in [0, 0.05) is 17.3 Å². The van der Waals surface area contributed by atoms with Gasteiger partial charge in [0.05, 0.1) is 0 Å². The van der Waals surface area contributed by atoms with E-state index in [1.165, 1.54) is 17.7 Å². The molecule has 0 bridgehead atoms. The highest BCUT2D eigenvalue weighted by atomic mass is 16.6. The van der Waals surface area contributed by atoms with Gasteiger partial charge in [0.2, 0.25) is 0 Å². The van der Waals surface area contributed by atoms with Gasteiger partial charge in [-0.25, -0.2) is 9.36 Å². The standard InChI is InChI=1S/C13H13N3O3/c1-9-8-11(17)14-13(18)16(9)12(15-19-2)10-6-4-3-5-7-10/h3-8H,1-2H3,(H,14,17,18)/b15-12+. The summed E-state index contributed by atoms with van der Waals surface area (Å²) >= 11 is 0. The Bertz CT molecular complexity index is 714. The monoisotopic (exact) mass is 259 g/mol. The van der Waals surface area contributed by atoms with Crippen LogP contribution in [0.15, 0.2) is 51.1 Å². The van der Waals surface area contributed by atoms with Crippen LogP contribution in [-0.4, -0.2) is 22.5 Å². The molecular weight excluding hydrogens is 246 g/mol. The Hall–Kier alpha value is -2.63. The van der Waals surface area contributed by atoms with Crippen molar-refractivity contribution in [1.29, 1.82) is 0 Å². The number of benzene rings is 1. The lowest BCUT2D eigenvalue weighted by Crippen LogP contribution is -2.36. The lowest BCUT2D eigenvalue weighted by atomic mass is 10.2. The van der Waals surface area contributed by atoms with Crippen LogP contribution >= 0.6 is 0 Å². The number of nitrogens with zero attached hydrogens (tertiary/aromatic N) is 2. The van der Waals surface area contributed by atoms with Crippen LogP contribution in [0.1, 0.15) is 11.3 Å². The molecule has 1 aromatic heterocycles. The van der Waals surface area contributed by atoms with E-state index in [1.54, 1.807) is 19.1 Å². The van der Waals surface area contributed by atoms with Crippen LogP contribution in [0.25, 0.3) is 0 Å². The third-order valence-corrected chi connectivity index (χ3v) is 2.55. The number of aryl methyl sites for hydroxylation is 1. The Kier molecular flexibility index (Phi) is 3.61. The second-order valence-electron chi connectivity index (χ2n) is 3.88. The van der Waals surface area contributed by atoms with Gasteiger partial charge in [0.1, 0.15) is 7.11 Å². The summed E-state index contributed by atoms with van der Waals surface area (Å²) in [6.45, 7) is 1.66. The molecule has 0 atom stereocenters. The number of hydrogen-bond donors (Lipinski definition) is 1. The number of oxime groups is 1. The molecule has 2 rings (SSSR count). The fourth-order valence-electron chi connectivity index (χ4n) is 1.77. The molecule has 0 aliphatic heterocycles. The van der Waals surface area contributed by atoms with Crippen molar-refractivity contribution in [3.63, 3.8) is 0 Å². The third-order valence-electron chi connectivity index (χ3n) is 2.55. The molecule has 0 saturated heterocycles. The lowest BCUT2D eigenvalue weighted by Gasteiger charge is -2.11. The number of hydrogen-bond acceptors (Lipinski definition) is 4. The first kappa shape index (κ1) is 12.8. The quantitative estimate of drug-likeness (QED) is 0.490. The summed E-state index contributed by atoms with van der Waals surface area (Å²) in [4.78, 5) is 30.2. The molecule has 1 N–H and O–H groups in total. The van der Waals surface area contributed by atoms with Crippen LogP contribution in [-0.2, 0) is 4.84 Å². The smallest absolute Gasteiger partial charge is 0.334 e. The Labute approximate surface area is 109 Å². The predicted octanol–water partition coefficient (Wildman–Crippen LogP) is 0.701. The third kappa shape index (κ3) is 2.62. The van der Waals surface area contributed by atoms with Crippen molar-refractivity contribution in [2.24, 2.45) is 5.16 Å². The average Bonchev–Trinajstić information content (AvgIpc) is 2.37. The van der Waals surface area contributed by atoms with E-state index in [0.717, 1.165) is 0 Å². The molecular formula is C13H13N3O3. The number of H-pyrrole nitrogens is 1. The molecule has 0 amide bonds. The molecule has 19 heavy (non-hydrogen) atoms. The molecule has 0 unspecified atom stereocenters. The van der Waals surface area contributed by atoms with Gasteiger partial charge in [-0.05, 0) is 6.92 Å². The molecule has 0 aliphatic rings. The highest BCUT2D eigenvalue weighted by Gasteiger charge is 2.12. The molecule has 0 saturated carbocycles. The minimum Gasteiger partial charge on any atom is -0.397 e. The van der Waals surface area contributed by atoms with Gasteiger partial charge < -0.3 is 4.84 Å².